The van der Waals surface area contributed by atoms with Crippen molar-refractivity contribution in [3.05, 3.63) is 0 Å². The van der Waals surface area contributed by atoms with E-state index in [1.807, 2.05) is 0 Å². The molecule has 0 aromatic carbocycles. The van der Waals surface area contributed by atoms with Crippen LogP contribution in [-0.4, -0.2) is 69.1 Å². The number of carbonyl (C=O) groups excluding carboxylic acids is 1. The molecule has 0 radical (unpaired) electrons. The van der Waals surface area contributed by atoms with E-state index in [9.17, 15) is 25.2 Å². The van der Waals surface area contributed by atoms with Crippen molar-refractivity contribution in [1.29, 1.82) is 0 Å². The molecule has 0 bridgehead atoms. The van der Waals surface area contributed by atoms with Crippen LogP contribution < -0.4 is 0 Å². The highest BCUT2D eigenvalue weighted by atomic mass is 16.5. The summed E-state index contributed by atoms with van der Waals surface area (Å²) in [6.07, 6.45) is 27.0. The van der Waals surface area contributed by atoms with Gasteiger partial charge in [-0.05, 0) is 6.42 Å². The maximum Gasteiger partial charge on any atom is 0.305 e. The lowest BCUT2D eigenvalue weighted by Crippen LogP contribution is -2.47. The van der Waals surface area contributed by atoms with E-state index in [0.29, 0.717) is 0 Å². The molecular weight excluding hydrogens is 520 g/mol. The van der Waals surface area contributed by atoms with Gasteiger partial charge in [0.15, 0.2) is 0 Å². The monoisotopic (exact) mass is 588 g/mol. The van der Waals surface area contributed by atoms with Gasteiger partial charge in [0.2, 0.25) is 0 Å². The Labute approximate surface area is 252 Å². The summed E-state index contributed by atoms with van der Waals surface area (Å²) in [7, 11) is 0. The predicted octanol–water partition coefficient (Wildman–Crippen LogP) is 7.13. The second-order valence-electron chi connectivity index (χ2n) is 12.2. The summed E-state index contributed by atoms with van der Waals surface area (Å²) in [4.78, 5) is 11.8. The van der Waals surface area contributed by atoms with Crippen molar-refractivity contribution < 1.29 is 35.1 Å². The Bertz CT molecular complexity index is 545. The minimum absolute atomic E-state index is 0.254. The van der Waals surface area contributed by atoms with E-state index >= 15 is 0 Å². The highest BCUT2D eigenvalue weighted by molar-refractivity contribution is 5.69. The predicted molar refractivity (Wildman–Crippen MR) is 168 cm³/mol. The van der Waals surface area contributed by atoms with Crippen LogP contribution in [0.2, 0.25) is 0 Å². The maximum atomic E-state index is 11.8. The van der Waals surface area contributed by atoms with Gasteiger partial charge in [-0.15, -0.1) is 0 Å². The zero-order valence-corrected chi connectivity index (χ0v) is 26.7. The van der Waals surface area contributed by atoms with Crippen LogP contribution in [0.1, 0.15) is 174 Å². The fourth-order valence-electron chi connectivity index (χ4n) is 5.32. The quantitative estimate of drug-likeness (QED) is 0.0418. The van der Waals surface area contributed by atoms with Gasteiger partial charge in [-0.3, -0.25) is 4.79 Å². The van der Waals surface area contributed by atoms with Gasteiger partial charge in [0.1, 0.15) is 31.0 Å². The SMILES string of the molecule is CCCCCCCCCCCCCCCCCCCCCCCCCCCC(=O)OC[C@H](O)[C@@H](O)[C@H](O)[C@H](O)CO. The third-order valence-corrected chi connectivity index (χ3v) is 8.22. The number of hydrogen-bond donors (Lipinski definition) is 5. The van der Waals surface area contributed by atoms with Gasteiger partial charge < -0.3 is 30.3 Å². The number of carbonyl (C=O) groups is 1. The third-order valence-electron chi connectivity index (χ3n) is 8.22. The largest absolute Gasteiger partial charge is 0.463 e. The van der Waals surface area contributed by atoms with Gasteiger partial charge in [0.05, 0.1) is 6.61 Å². The Morgan fingerprint density at radius 3 is 1.10 bits per heavy atom. The Hall–Kier alpha value is -0.730. The molecule has 0 aliphatic heterocycles. The summed E-state index contributed by atoms with van der Waals surface area (Å²) in [5.74, 6) is -0.456. The van der Waals surface area contributed by atoms with Crippen LogP contribution in [0.4, 0.5) is 0 Å². The van der Waals surface area contributed by atoms with E-state index in [2.05, 4.69) is 6.92 Å². The summed E-state index contributed by atoms with van der Waals surface area (Å²) >= 11 is 0. The topological polar surface area (TPSA) is 127 Å². The Morgan fingerprint density at radius 1 is 0.488 bits per heavy atom. The molecule has 4 atom stereocenters. The van der Waals surface area contributed by atoms with Crippen molar-refractivity contribution in [3.8, 4) is 0 Å². The average Bonchev–Trinajstić information content (AvgIpc) is 2.98. The zero-order chi connectivity index (χ0) is 30.4. The highest BCUT2D eigenvalue weighted by Gasteiger charge is 2.30. The summed E-state index contributed by atoms with van der Waals surface area (Å²) in [5.41, 5.74) is 0. The summed E-state index contributed by atoms with van der Waals surface area (Å²) in [6.45, 7) is 1.07. The van der Waals surface area contributed by atoms with E-state index in [0.717, 1.165) is 19.3 Å². The summed E-state index contributed by atoms with van der Waals surface area (Å²) in [5, 5.41) is 47.1. The summed E-state index contributed by atoms with van der Waals surface area (Å²) < 4.78 is 4.94. The zero-order valence-electron chi connectivity index (χ0n) is 26.7. The molecular formula is C34H68O7. The third kappa shape index (κ3) is 26.6. The molecule has 0 saturated heterocycles. The number of aliphatic hydroxyl groups is 5. The number of hydrogen-bond acceptors (Lipinski definition) is 7. The molecule has 0 aromatic rings. The molecule has 0 fully saturated rings. The molecule has 0 heterocycles. The molecule has 0 saturated carbocycles. The van der Waals surface area contributed by atoms with Crippen LogP contribution in [0.15, 0.2) is 0 Å². The molecule has 0 aliphatic carbocycles. The minimum atomic E-state index is -1.72. The van der Waals surface area contributed by atoms with Gasteiger partial charge in [-0.2, -0.15) is 0 Å². The fraction of sp³-hybridized carbons (Fsp3) is 0.971. The van der Waals surface area contributed by atoms with Crippen LogP contribution in [0.3, 0.4) is 0 Å². The van der Waals surface area contributed by atoms with Crippen molar-refractivity contribution in [2.45, 2.75) is 198 Å². The van der Waals surface area contributed by atoms with Crippen LogP contribution in [0.25, 0.3) is 0 Å². The first-order valence-electron chi connectivity index (χ1n) is 17.4. The first-order valence-corrected chi connectivity index (χ1v) is 17.4. The number of rotatable bonds is 32. The minimum Gasteiger partial charge on any atom is -0.463 e. The molecule has 0 rings (SSSR count). The van der Waals surface area contributed by atoms with Gasteiger partial charge >= 0.3 is 5.97 Å². The molecule has 0 amide bonds. The maximum absolute atomic E-state index is 11.8. The summed E-state index contributed by atoms with van der Waals surface area (Å²) in [6, 6.07) is 0. The van der Waals surface area contributed by atoms with E-state index in [-0.39, 0.29) is 6.42 Å². The van der Waals surface area contributed by atoms with Gasteiger partial charge in [-0.25, -0.2) is 0 Å². The van der Waals surface area contributed by atoms with E-state index in [1.165, 1.54) is 141 Å². The molecule has 246 valence electrons. The van der Waals surface area contributed by atoms with Crippen molar-refractivity contribution in [2.24, 2.45) is 0 Å². The Balaban J connectivity index is 3.30. The lowest BCUT2D eigenvalue weighted by atomic mass is 10.0. The van der Waals surface area contributed by atoms with Crippen LogP contribution in [0.5, 0.6) is 0 Å². The molecule has 7 nitrogen and oxygen atoms in total. The van der Waals surface area contributed by atoms with Crippen LogP contribution in [0, 0.1) is 0 Å². The molecule has 0 spiro atoms. The Kier molecular flexibility index (Phi) is 30.2. The van der Waals surface area contributed by atoms with E-state index in [4.69, 9.17) is 9.84 Å². The first-order chi connectivity index (χ1) is 19.9. The number of esters is 1. The molecule has 0 aliphatic rings. The molecule has 0 aromatic heterocycles. The number of ether oxygens (including phenoxy) is 1. The lowest BCUT2D eigenvalue weighted by molar-refractivity contribution is -0.156. The fourth-order valence-corrected chi connectivity index (χ4v) is 5.32. The van der Waals surface area contributed by atoms with Crippen LogP contribution in [-0.2, 0) is 9.53 Å². The van der Waals surface area contributed by atoms with Crippen LogP contribution >= 0.6 is 0 Å². The smallest absolute Gasteiger partial charge is 0.305 e. The van der Waals surface area contributed by atoms with Crippen molar-refractivity contribution in [3.63, 3.8) is 0 Å². The second kappa shape index (κ2) is 30.7. The van der Waals surface area contributed by atoms with Gasteiger partial charge in [0.25, 0.3) is 0 Å². The van der Waals surface area contributed by atoms with Gasteiger partial charge in [-0.1, -0.05) is 161 Å². The Morgan fingerprint density at radius 2 is 0.780 bits per heavy atom. The van der Waals surface area contributed by atoms with Crippen molar-refractivity contribution >= 4 is 5.97 Å². The van der Waals surface area contributed by atoms with Crippen molar-refractivity contribution in [2.75, 3.05) is 13.2 Å². The average molecular weight is 589 g/mol. The van der Waals surface area contributed by atoms with E-state index < -0.39 is 43.6 Å². The molecule has 41 heavy (non-hydrogen) atoms. The van der Waals surface area contributed by atoms with Gasteiger partial charge in [0, 0.05) is 6.42 Å². The first kappa shape index (κ1) is 40.3. The highest BCUT2D eigenvalue weighted by Crippen LogP contribution is 2.16. The number of aliphatic hydroxyl groups excluding tert-OH is 5. The normalized spacial score (nSPS) is 14.6. The lowest BCUT2D eigenvalue weighted by Gasteiger charge is -2.25. The standard InChI is InChI=1S/C34H68O7/c1-2-3-4-5-6-7-8-9-10-11-12-13-14-15-16-17-18-19-20-21-22-23-24-25-26-27-32(38)41-29-31(37)34(40)33(39)30(36)28-35/h30-31,33-37,39-40H,2-29H2,1H3/t30-,31+,33-,34-/m1/s1. The van der Waals surface area contributed by atoms with E-state index in [1.54, 1.807) is 0 Å². The molecule has 5 N–H and O–H groups in total. The van der Waals surface area contributed by atoms with Crippen molar-refractivity contribution in [1.82, 2.24) is 0 Å². The number of unbranched alkanes of at least 4 members (excludes halogenated alkanes) is 24. The molecule has 0 unspecified atom stereocenters. The molecule has 7 heteroatoms. The second-order valence-corrected chi connectivity index (χ2v) is 12.2.